The predicted octanol–water partition coefficient (Wildman–Crippen LogP) is 3.69. The number of hydrogen-bond donors (Lipinski definition) is 0. The van der Waals surface area contributed by atoms with E-state index in [1.807, 2.05) is 25.7 Å². The van der Waals surface area contributed by atoms with E-state index in [-0.39, 0.29) is 12.0 Å². The van der Waals surface area contributed by atoms with Crippen LogP contribution in [0.5, 0.6) is 0 Å². The molecule has 1 saturated heterocycles. The maximum Gasteiger partial charge on any atom is 0.410 e. The van der Waals surface area contributed by atoms with Gasteiger partial charge in [0, 0.05) is 51.5 Å². The minimum Gasteiger partial charge on any atom is -0.444 e. The van der Waals surface area contributed by atoms with Crippen molar-refractivity contribution in [1.82, 2.24) is 29.5 Å². The monoisotopic (exact) mass is 550 g/mol. The Kier molecular flexibility index (Phi) is 8.35. The van der Waals surface area contributed by atoms with Crippen molar-refractivity contribution in [3.05, 3.63) is 59.3 Å². The second-order valence-electron chi connectivity index (χ2n) is 10.2. The van der Waals surface area contributed by atoms with Crippen molar-refractivity contribution in [2.45, 2.75) is 32.9 Å². The summed E-state index contributed by atoms with van der Waals surface area (Å²) in [5.41, 5.74) is 1.70. The fourth-order valence-electron chi connectivity index (χ4n) is 4.15. The summed E-state index contributed by atoms with van der Waals surface area (Å²) in [5, 5.41) is 14.2. The average Bonchev–Trinajstić information content (AvgIpc) is 3.44. The quantitative estimate of drug-likeness (QED) is 0.455. The number of pyridine rings is 1. The van der Waals surface area contributed by atoms with Gasteiger partial charge in [-0.05, 0) is 44.5 Å². The lowest BCUT2D eigenvalue weighted by atomic mass is 10.0. The number of anilines is 1. The van der Waals surface area contributed by atoms with Crippen LogP contribution in [0.4, 0.5) is 10.6 Å². The van der Waals surface area contributed by atoms with E-state index in [4.69, 9.17) is 16.3 Å². The molecule has 2 amide bonds. The second-order valence-corrected chi connectivity index (χ2v) is 10.6. The molecule has 0 aliphatic carbocycles. The number of aromatic nitrogens is 4. The molecular weight excluding hydrogens is 520 g/mol. The van der Waals surface area contributed by atoms with Crippen LogP contribution in [0.25, 0.3) is 11.1 Å². The molecule has 0 bridgehead atoms. The van der Waals surface area contributed by atoms with Crippen LogP contribution in [-0.4, -0.2) is 86.9 Å². The molecule has 39 heavy (non-hydrogen) atoms. The highest BCUT2D eigenvalue weighted by Crippen LogP contribution is 2.29. The third-order valence-corrected chi connectivity index (χ3v) is 6.54. The number of benzene rings is 1. The van der Waals surface area contributed by atoms with E-state index in [1.165, 1.54) is 6.33 Å². The molecule has 204 valence electrons. The molecule has 0 N–H and O–H groups in total. The van der Waals surface area contributed by atoms with Gasteiger partial charge in [0.15, 0.2) is 0 Å². The Bertz CT molecular complexity index is 1370. The van der Waals surface area contributed by atoms with Crippen LogP contribution in [0, 0.1) is 11.3 Å². The number of likely N-dealkylation sites (N-methyl/N-ethyl adjacent to an activating group) is 1. The Balaban J connectivity index is 1.43. The lowest BCUT2D eigenvalue weighted by molar-refractivity contribution is 0.0240. The highest BCUT2D eigenvalue weighted by Gasteiger charge is 2.27. The minimum absolute atomic E-state index is 0.205. The first-order chi connectivity index (χ1) is 18.6. The molecule has 1 aromatic carbocycles. The largest absolute Gasteiger partial charge is 0.444 e. The van der Waals surface area contributed by atoms with Gasteiger partial charge in [-0.2, -0.15) is 10.4 Å². The number of carbonyl (C=O) groups is 2. The van der Waals surface area contributed by atoms with E-state index >= 15 is 0 Å². The number of nitriles is 1. The number of carbonyl (C=O) groups excluding carboxylic acids is 2. The molecule has 12 heteroatoms. The number of nitrogens with zero attached hydrogens (tertiary/aromatic N) is 8. The van der Waals surface area contributed by atoms with Gasteiger partial charge in [0.1, 0.15) is 30.1 Å². The highest BCUT2D eigenvalue weighted by atomic mass is 35.5. The van der Waals surface area contributed by atoms with Crippen LogP contribution in [0.15, 0.2) is 43.1 Å². The summed E-state index contributed by atoms with van der Waals surface area (Å²) < 4.78 is 7.11. The van der Waals surface area contributed by atoms with Crippen molar-refractivity contribution in [2.24, 2.45) is 0 Å². The minimum atomic E-state index is -0.553. The van der Waals surface area contributed by atoms with Crippen molar-refractivity contribution in [3.8, 4) is 17.2 Å². The van der Waals surface area contributed by atoms with Crippen LogP contribution in [-0.2, 0) is 11.3 Å². The maximum atomic E-state index is 12.9. The molecule has 0 spiro atoms. The van der Waals surface area contributed by atoms with Gasteiger partial charge in [0.25, 0.3) is 5.91 Å². The van der Waals surface area contributed by atoms with Crippen LogP contribution < -0.4 is 4.90 Å². The number of ether oxygens (including phenoxy) is 1. The Morgan fingerprint density at radius 3 is 2.51 bits per heavy atom. The van der Waals surface area contributed by atoms with Crippen LogP contribution in [0.1, 0.15) is 36.7 Å². The summed E-state index contributed by atoms with van der Waals surface area (Å²) in [5.74, 6) is 0.361. The topological polar surface area (TPSA) is 120 Å². The number of rotatable bonds is 6. The molecule has 4 rings (SSSR count). The molecule has 0 radical (unpaired) electrons. The van der Waals surface area contributed by atoms with Gasteiger partial charge in [-0.15, -0.1) is 0 Å². The molecule has 3 heterocycles. The summed E-state index contributed by atoms with van der Waals surface area (Å²) in [7, 11) is 1.71. The molecule has 0 atom stereocenters. The predicted molar refractivity (Wildman–Crippen MR) is 146 cm³/mol. The van der Waals surface area contributed by atoms with E-state index in [0.29, 0.717) is 66.8 Å². The third-order valence-electron chi connectivity index (χ3n) is 6.23. The summed E-state index contributed by atoms with van der Waals surface area (Å²) in [6.07, 6.45) is 4.39. The number of piperazine rings is 1. The fourth-order valence-corrected chi connectivity index (χ4v) is 4.41. The van der Waals surface area contributed by atoms with Gasteiger partial charge >= 0.3 is 6.09 Å². The van der Waals surface area contributed by atoms with Crippen LogP contribution in [0.3, 0.4) is 0 Å². The zero-order chi connectivity index (χ0) is 28.2. The number of hydrogen-bond acceptors (Lipinski definition) is 8. The Labute approximate surface area is 232 Å². The first kappa shape index (κ1) is 27.9. The van der Waals surface area contributed by atoms with Gasteiger partial charge in [-0.25, -0.2) is 14.8 Å². The Morgan fingerprint density at radius 1 is 1.15 bits per heavy atom. The Hall–Kier alpha value is -4.17. The first-order valence-corrected chi connectivity index (χ1v) is 12.9. The molecular formula is C27H31ClN8O3. The molecule has 0 unspecified atom stereocenters. The van der Waals surface area contributed by atoms with E-state index in [2.05, 4.69) is 21.1 Å². The van der Waals surface area contributed by atoms with Crippen molar-refractivity contribution in [2.75, 3.05) is 44.7 Å². The van der Waals surface area contributed by atoms with Crippen molar-refractivity contribution < 1.29 is 14.3 Å². The summed E-state index contributed by atoms with van der Waals surface area (Å²) in [4.78, 5) is 39.0. The van der Waals surface area contributed by atoms with E-state index < -0.39 is 5.60 Å². The molecule has 0 saturated carbocycles. The summed E-state index contributed by atoms with van der Waals surface area (Å²) in [6.45, 7) is 8.50. The van der Waals surface area contributed by atoms with Gasteiger partial charge in [0.2, 0.25) is 0 Å². The van der Waals surface area contributed by atoms with Gasteiger partial charge < -0.3 is 19.4 Å². The average molecular weight is 551 g/mol. The highest BCUT2D eigenvalue weighted by molar-refractivity contribution is 6.34. The first-order valence-electron chi connectivity index (χ1n) is 12.6. The van der Waals surface area contributed by atoms with Crippen molar-refractivity contribution in [3.63, 3.8) is 0 Å². The van der Waals surface area contributed by atoms with Crippen molar-refractivity contribution in [1.29, 1.82) is 5.26 Å². The molecule has 1 fully saturated rings. The number of halogens is 1. The number of amides is 2. The van der Waals surface area contributed by atoms with Gasteiger partial charge in [0.05, 0.1) is 22.7 Å². The SMILES string of the molecule is CN(CCn1cncn1)C(=O)c1ccc(-c2cnc(N3CCN(C(=O)OC(C)(C)C)CC3)c(C#N)c2)cc1Cl. The molecule has 1 aliphatic rings. The third kappa shape index (κ3) is 6.83. The molecule has 3 aromatic rings. The van der Waals surface area contributed by atoms with Crippen molar-refractivity contribution >= 4 is 29.4 Å². The zero-order valence-electron chi connectivity index (χ0n) is 22.5. The second kappa shape index (κ2) is 11.7. The maximum absolute atomic E-state index is 12.9. The van der Waals surface area contributed by atoms with Gasteiger partial charge in [-0.3, -0.25) is 9.48 Å². The van der Waals surface area contributed by atoms with E-state index in [1.54, 1.807) is 58.3 Å². The lowest BCUT2D eigenvalue weighted by Gasteiger charge is -2.36. The fraction of sp³-hybridized carbons (Fsp3) is 0.407. The standard InChI is InChI=1S/C27H31ClN8O3/c1-27(2,3)39-26(38)35-10-8-34(9-11-35)24-20(15-29)13-21(16-31-24)19-5-6-22(23(28)14-19)25(37)33(4)7-12-36-18-30-17-32-36/h5-6,13-14,16-18H,7-12H2,1-4H3. The zero-order valence-corrected chi connectivity index (χ0v) is 23.2. The van der Waals surface area contributed by atoms with E-state index in [9.17, 15) is 14.9 Å². The normalized spacial score (nSPS) is 13.6. The Morgan fingerprint density at radius 2 is 1.90 bits per heavy atom. The van der Waals surface area contributed by atoms with Crippen LogP contribution in [0.2, 0.25) is 5.02 Å². The molecule has 1 aliphatic heterocycles. The summed E-state index contributed by atoms with van der Waals surface area (Å²) >= 11 is 6.51. The van der Waals surface area contributed by atoms with Crippen LogP contribution >= 0.6 is 11.6 Å². The summed E-state index contributed by atoms with van der Waals surface area (Å²) in [6, 6.07) is 9.18. The van der Waals surface area contributed by atoms with E-state index in [0.717, 1.165) is 5.56 Å². The van der Waals surface area contributed by atoms with Gasteiger partial charge in [-0.1, -0.05) is 17.7 Å². The smallest absolute Gasteiger partial charge is 0.410 e. The molecule has 2 aromatic heterocycles. The lowest BCUT2D eigenvalue weighted by Crippen LogP contribution is -2.50. The molecule has 11 nitrogen and oxygen atoms in total.